The van der Waals surface area contributed by atoms with Crippen molar-refractivity contribution in [2.75, 3.05) is 0 Å². The molecule has 0 aliphatic heterocycles. The molecular weight excluding hydrogens is 288 g/mol. The standard InChI is InChI=1S/C24H26/c1-3-10-18(11-4-1)23-20-14-9-16-21(20)24(17-8-7-15-22(23)24)19-12-5-2-6-13-19/h1-6,10-13,20-21H,7-9,14-17H2/t20-,21+,24+/m1/s1. The summed E-state index contributed by atoms with van der Waals surface area (Å²) in [6.45, 7) is 0. The Hall–Kier alpha value is -1.82. The minimum Gasteiger partial charge on any atom is -0.0622 e. The van der Waals surface area contributed by atoms with Crippen molar-refractivity contribution in [2.24, 2.45) is 11.8 Å². The van der Waals surface area contributed by atoms with Crippen LogP contribution in [0.1, 0.15) is 56.1 Å². The van der Waals surface area contributed by atoms with Crippen molar-refractivity contribution in [1.29, 1.82) is 0 Å². The minimum atomic E-state index is 0.339. The summed E-state index contributed by atoms with van der Waals surface area (Å²) in [5.74, 6) is 1.63. The fraction of sp³-hybridized carbons (Fsp3) is 0.417. The van der Waals surface area contributed by atoms with E-state index in [-0.39, 0.29) is 0 Å². The van der Waals surface area contributed by atoms with Gasteiger partial charge in [0.25, 0.3) is 0 Å². The molecule has 0 radical (unpaired) electrons. The maximum absolute atomic E-state index is 2.41. The third-order valence-corrected chi connectivity index (χ3v) is 7.00. The summed E-state index contributed by atoms with van der Waals surface area (Å²) in [6, 6.07) is 22.8. The van der Waals surface area contributed by atoms with Crippen LogP contribution in [0.4, 0.5) is 0 Å². The molecule has 3 atom stereocenters. The Kier molecular flexibility index (Phi) is 3.40. The zero-order valence-corrected chi connectivity index (χ0v) is 14.4. The summed E-state index contributed by atoms with van der Waals surface area (Å²) in [4.78, 5) is 0. The van der Waals surface area contributed by atoms with Gasteiger partial charge >= 0.3 is 0 Å². The van der Waals surface area contributed by atoms with Crippen molar-refractivity contribution in [3.05, 3.63) is 77.4 Å². The van der Waals surface area contributed by atoms with E-state index in [2.05, 4.69) is 60.7 Å². The SMILES string of the molecule is c1ccc(C2=C3CCCC[C@]3(c3ccccc3)[C@H]3CCC[C@@H]23)cc1. The Morgan fingerprint density at radius 2 is 1.50 bits per heavy atom. The quantitative estimate of drug-likeness (QED) is 0.603. The summed E-state index contributed by atoms with van der Waals surface area (Å²) in [5.41, 5.74) is 6.99. The number of hydrogen-bond donors (Lipinski definition) is 0. The van der Waals surface area contributed by atoms with Crippen LogP contribution in [-0.4, -0.2) is 0 Å². The van der Waals surface area contributed by atoms with E-state index in [0.29, 0.717) is 5.41 Å². The van der Waals surface area contributed by atoms with Gasteiger partial charge in [0.05, 0.1) is 0 Å². The molecule has 2 aromatic rings. The summed E-state index contributed by atoms with van der Waals surface area (Å²) < 4.78 is 0. The van der Waals surface area contributed by atoms with Crippen LogP contribution in [0.15, 0.2) is 66.2 Å². The molecule has 3 aliphatic carbocycles. The lowest BCUT2D eigenvalue weighted by atomic mass is 9.61. The highest BCUT2D eigenvalue weighted by Gasteiger charge is 2.56. The van der Waals surface area contributed by atoms with Crippen molar-refractivity contribution in [3.8, 4) is 0 Å². The Bertz CT molecular complexity index is 755. The van der Waals surface area contributed by atoms with E-state index in [9.17, 15) is 0 Å². The molecule has 122 valence electrons. The van der Waals surface area contributed by atoms with Crippen LogP contribution in [0.3, 0.4) is 0 Å². The Morgan fingerprint density at radius 3 is 2.29 bits per heavy atom. The van der Waals surface area contributed by atoms with Gasteiger partial charge in [0.1, 0.15) is 0 Å². The number of rotatable bonds is 2. The second-order valence-corrected chi connectivity index (χ2v) is 7.95. The summed E-state index contributed by atoms with van der Waals surface area (Å²) >= 11 is 0. The van der Waals surface area contributed by atoms with E-state index < -0.39 is 0 Å². The van der Waals surface area contributed by atoms with E-state index in [1.54, 1.807) is 16.7 Å². The topological polar surface area (TPSA) is 0 Å². The Labute approximate surface area is 145 Å². The molecule has 0 saturated heterocycles. The van der Waals surface area contributed by atoms with Crippen molar-refractivity contribution in [1.82, 2.24) is 0 Å². The van der Waals surface area contributed by atoms with Crippen LogP contribution in [0, 0.1) is 11.8 Å². The van der Waals surface area contributed by atoms with Crippen LogP contribution >= 0.6 is 0 Å². The van der Waals surface area contributed by atoms with E-state index in [1.165, 1.54) is 50.5 Å². The van der Waals surface area contributed by atoms with E-state index in [1.807, 2.05) is 0 Å². The first-order valence-electron chi connectivity index (χ1n) is 9.76. The zero-order valence-electron chi connectivity index (χ0n) is 14.4. The summed E-state index contributed by atoms with van der Waals surface area (Å²) in [5, 5.41) is 0. The molecule has 0 heteroatoms. The molecule has 24 heavy (non-hydrogen) atoms. The van der Waals surface area contributed by atoms with Gasteiger partial charge in [0.2, 0.25) is 0 Å². The lowest BCUT2D eigenvalue weighted by Gasteiger charge is -2.42. The van der Waals surface area contributed by atoms with Gasteiger partial charge in [-0.25, -0.2) is 0 Å². The van der Waals surface area contributed by atoms with Gasteiger partial charge in [-0.15, -0.1) is 0 Å². The molecule has 0 bridgehead atoms. The molecule has 0 heterocycles. The molecule has 2 saturated carbocycles. The van der Waals surface area contributed by atoms with E-state index >= 15 is 0 Å². The fourth-order valence-corrected chi connectivity index (χ4v) is 6.26. The maximum Gasteiger partial charge on any atom is 0.0202 e. The molecule has 0 N–H and O–H groups in total. The van der Waals surface area contributed by atoms with Crippen LogP contribution in [0.25, 0.3) is 5.57 Å². The first kappa shape index (κ1) is 14.5. The second-order valence-electron chi connectivity index (χ2n) is 7.95. The van der Waals surface area contributed by atoms with E-state index in [4.69, 9.17) is 0 Å². The van der Waals surface area contributed by atoms with Gasteiger partial charge < -0.3 is 0 Å². The molecule has 5 rings (SSSR count). The highest BCUT2D eigenvalue weighted by atomic mass is 14.6. The molecule has 2 fully saturated rings. The molecular formula is C24H26. The molecule has 0 aromatic heterocycles. The summed E-state index contributed by atoms with van der Waals surface area (Å²) in [7, 11) is 0. The predicted octanol–water partition coefficient (Wildman–Crippen LogP) is 6.38. The molecule has 0 nitrogen and oxygen atoms in total. The molecule has 2 aromatic carbocycles. The Morgan fingerprint density at radius 1 is 0.750 bits per heavy atom. The highest BCUT2D eigenvalue weighted by molar-refractivity contribution is 5.77. The smallest absolute Gasteiger partial charge is 0.0202 e. The Balaban J connectivity index is 1.76. The third-order valence-electron chi connectivity index (χ3n) is 7.00. The van der Waals surface area contributed by atoms with Crippen molar-refractivity contribution < 1.29 is 0 Å². The van der Waals surface area contributed by atoms with Crippen LogP contribution < -0.4 is 0 Å². The largest absolute Gasteiger partial charge is 0.0622 e. The summed E-state index contributed by atoms with van der Waals surface area (Å²) in [6.07, 6.45) is 9.67. The van der Waals surface area contributed by atoms with Crippen LogP contribution in [0.2, 0.25) is 0 Å². The van der Waals surface area contributed by atoms with Gasteiger partial charge in [-0.2, -0.15) is 0 Å². The number of fused-ring (bicyclic) bond motifs is 3. The lowest BCUT2D eigenvalue weighted by molar-refractivity contribution is 0.260. The first-order chi connectivity index (χ1) is 11.9. The zero-order chi connectivity index (χ0) is 16.0. The number of allylic oxidation sites excluding steroid dienone is 2. The van der Waals surface area contributed by atoms with Gasteiger partial charge in [0, 0.05) is 5.41 Å². The van der Waals surface area contributed by atoms with Crippen LogP contribution in [0.5, 0.6) is 0 Å². The first-order valence-corrected chi connectivity index (χ1v) is 9.76. The van der Waals surface area contributed by atoms with Gasteiger partial charge in [-0.05, 0) is 60.6 Å². The predicted molar refractivity (Wildman–Crippen MR) is 101 cm³/mol. The van der Waals surface area contributed by atoms with Crippen molar-refractivity contribution in [3.63, 3.8) is 0 Å². The molecule has 0 unspecified atom stereocenters. The highest BCUT2D eigenvalue weighted by Crippen LogP contribution is 2.65. The molecule has 0 spiro atoms. The monoisotopic (exact) mass is 314 g/mol. The molecule has 0 amide bonds. The van der Waals surface area contributed by atoms with Crippen molar-refractivity contribution >= 4 is 5.57 Å². The normalized spacial score (nSPS) is 31.8. The maximum atomic E-state index is 2.41. The third kappa shape index (κ3) is 1.92. The minimum absolute atomic E-state index is 0.339. The second kappa shape index (κ2) is 5.62. The number of benzene rings is 2. The average Bonchev–Trinajstić information content (AvgIpc) is 3.23. The lowest BCUT2D eigenvalue weighted by Crippen LogP contribution is -2.36. The van der Waals surface area contributed by atoms with Gasteiger partial charge in [0.15, 0.2) is 0 Å². The number of hydrogen-bond acceptors (Lipinski definition) is 0. The van der Waals surface area contributed by atoms with Gasteiger partial charge in [-0.3, -0.25) is 0 Å². The molecule has 3 aliphatic rings. The van der Waals surface area contributed by atoms with Crippen molar-refractivity contribution in [2.45, 2.75) is 50.4 Å². The fourth-order valence-electron chi connectivity index (χ4n) is 6.26. The van der Waals surface area contributed by atoms with Crippen LogP contribution in [-0.2, 0) is 5.41 Å². The van der Waals surface area contributed by atoms with E-state index in [0.717, 1.165) is 11.8 Å². The average molecular weight is 314 g/mol. The van der Waals surface area contributed by atoms with Gasteiger partial charge in [-0.1, -0.05) is 79.1 Å².